The van der Waals surface area contributed by atoms with Crippen LogP contribution in [0, 0.1) is 11.3 Å². The molecule has 10 heteroatoms. The Balaban J connectivity index is 1.19. The third-order valence-electron chi connectivity index (χ3n) is 5.98. The van der Waals surface area contributed by atoms with Gasteiger partial charge in [0.1, 0.15) is 18.0 Å². The van der Waals surface area contributed by atoms with Gasteiger partial charge in [0.05, 0.1) is 49.7 Å². The predicted octanol–water partition coefficient (Wildman–Crippen LogP) is 2.79. The summed E-state index contributed by atoms with van der Waals surface area (Å²) >= 11 is 0. The molecule has 2 saturated heterocycles. The number of carbonyl (C=O) groups excluding carboxylic acids is 1. The van der Waals surface area contributed by atoms with Gasteiger partial charge in [-0.15, -0.1) is 0 Å². The van der Waals surface area contributed by atoms with Crippen LogP contribution in [0.5, 0.6) is 5.75 Å². The summed E-state index contributed by atoms with van der Waals surface area (Å²) in [6.07, 6.45) is 1.15. The Labute approximate surface area is 202 Å². The van der Waals surface area contributed by atoms with Gasteiger partial charge in [-0.2, -0.15) is 5.26 Å². The summed E-state index contributed by atoms with van der Waals surface area (Å²) < 4.78 is 17.1. The lowest BCUT2D eigenvalue weighted by atomic mass is 10.1. The second-order valence-electron chi connectivity index (χ2n) is 8.24. The number of carbonyl (C=O) groups is 1. The van der Waals surface area contributed by atoms with Gasteiger partial charge in [-0.05, 0) is 48.5 Å². The Bertz CT molecular complexity index is 1250. The van der Waals surface area contributed by atoms with Crippen LogP contribution in [0.4, 0.5) is 16.4 Å². The van der Waals surface area contributed by atoms with E-state index in [-0.39, 0.29) is 30.3 Å². The number of nitrogens with one attached hydrogen (secondary N) is 3. The van der Waals surface area contributed by atoms with Crippen LogP contribution in [-0.2, 0) is 9.47 Å². The van der Waals surface area contributed by atoms with Crippen LogP contribution in [0.25, 0.3) is 11.3 Å². The molecule has 0 radical (unpaired) electrons. The molecule has 2 aliphatic rings. The van der Waals surface area contributed by atoms with Crippen molar-refractivity contribution in [2.75, 3.05) is 31.0 Å². The van der Waals surface area contributed by atoms with Crippen LogP contribution in [0.3, 0.4) is 0 Å². The molecule has 178 valence electrons. The standard InChI is InChI=1S/C25H24N6O4/c1-33-18-7-5-16(6-8-18)19-9-10-27-24(29-19)30-20-13-34-23-21(14-35-22(20)23)31-25(32)28-17-4-2-3-15(11-17)12-26/h2-11,20-23H,13-14H2,1H3,(H,27,29,30)(H2,28,31,32)/t20-,21-,22+,23+/m0/s1. The number of hydrogen-bond acceptors (Lipinski definition) is 8. The number of methoxy groups -OCH3 is 1. The molecular weight excluding hydrogens is 448 g/mol. The molecule has 2 amide bonds. The van der Waals surface area contributed by atoms with E-state index in [2.05, 4.69) is 32.0 Å². The maximum Gasteiger partial charge on any atom is 0.319 e. The number of amides is 2. The van der Waals surface area contributed by atoms with Crippen molar-refractivity contribution >= 4 is 17.7 Å². The predicted molar refractivity (Wildman–Crippen MR) is 128 cm³/mol. The third-order valence-corrected chi connectivity index (χ3v) is 5.98. The van der Waals surface area contributed by atoms with Gasteiger partial charge in [0, 0.05) is 17.4 Å². The highest BCUT2D eigenvalue weighted by molar-refractivity contribution is 5.89. The number of aromatic nitrogens is 2. The zero-order valence-corrected chi connectivity index (χ0v) is 19.0. The second kappa shape index (κ2) is 9.97. The number of urea groups is 1. The minimum absolute atomic E-state index is 0.159. The Hall–Kier alpha value is -4.20. The van der Waals surface area contributed by atoms with E-state index in [1.54, 1.807) is 37.6 Å². The van der Waals surface area contributed by atoms with E-state index in [1.807, 2.05) is 30.3 Å². The second-order valence-corrected chi connectivity index (χ2v) is 8.24. The molecular formula is C25H24N6O4. The summed E-state index contributed by atoms with van der Waals surface area (Å²) in [4.78, 5) is 21.5. The third kappa shape index (κ3) is 5.01. The number of anilines is 2. The molecule has 3 N–H and O–H groups in total. The largest absolute Gasteiger partial charge is 0.497 e. The normalized spacial score (nSPS) is 22.6. The molecule has 5 rings (SSSR count). The summed E-state index contributed by atoms with van der Waals surface area (Å²) in [6.45, 7) is 0.724. The average molecular weight is 473 g/mol. The van der Waals surface area contributed by atoms with Crippen LogP contribution < -0.4 is 20.7 Å². The van der Waals surface area contributed by atoms with E-state index in [1.165, 1.54) is 0 Å². The number of ether oxygens (including phenoxy) is 3. The molecule has 2 fully saturated rings. The number of rotatable bonds is 6. The first-order valence-corrected chi connectivity index (χ1v) is 11.2. The molecule has 0 saturated carbocycles. The molecule has 2 aliphatic heterocycles. The van der Waals surface area contributed by atoms with Crippen LogP contribution in [0.15, 0.2) is 60.8 Å². The van der Waals surface area contributed by atoms with E-state index in [9.17, 15) is 4.79 Å². The van der Waals surface area contributed by atoms with Crippen molar-refractivity contribution in [2.24, 2.45) is 0 Å². The van der Waals surface area contributed by atoms with Crippen molar-refractivity contribution in [3.05, 3.63) is 66.4 Å². The molecule has 2 aromatic carbocycles. The molecule has 35 heavy (non-hydrogen) atoms. The summed E-state index contributed by atoms with van der Waals surface area (Å²) in [5.74, 6) is 1.25. The number of fused-ring (bicyclic) bond motifs is 1. The number of hydrogen-bond donors (Lipinski definition) is 3. The summed E-state index contributed by atoms with van der Waals surface area (Å²) in [7, 11) is 1.63. The molecule has 1 aromatic heterocycles. The quantitative estimate of drug-likeness (QED) is 0.499. The van der Waals surface area contributed by atoms with Gasteiger partial charge in [-0.25, -0.2) is 14.8 Å². The van der Waals surface area contributed by atoms with E-state index in [4.69, 9.17) is 19.5 Å². The van der Waals surface area contributed by atoms with Gasteiger partial charge in [0.25, 0.3) is 0 Å². The van der Waals surface area contributed by atoms with Gasteiger partial charge in [-0.3, -0.25) is 0 Å². The number of nitriles is 1. The Morgan fingerprint density at radius 2 is 1.86 bits per heavy atom. The van der Waals surface area contributed by atoms with Crippen molar-refractivity contribution < 1.29 is 19.0 Å². The SMILES string of the molecule is COc1ccc(-c2ccnc(N[C@H]3CO[C@H]4[C@@H]3OC[C@@H]4NC(=O)Nc3cccc(C#N)c3)n2)cc1. The minimum atomic E-state index is -0.384. The zero-order chi connectivity index (χ0) is 24.2. The average Bonchev–Trinajstić information content (AvgIpc) is 3.47. The summed E-state index contributed by atoms with van der Waals surface area (Å²) in [5, 5.41) is 18.0. The number of nitrogens with zero attached hydrogens (tertiary/aromatic N) is 3. The molecule has 3 heterocycles. The van der Waals surface area contributed by atoms with Crippen molar-refractivity contribution in [3.63, 3.8) is 0 Å². The fourth-order valence-corrected chi connectivity index (χ4v) is 4.27. The summed E-state index contributed by atoms with van der Waals surface area (Å²) in [6, 6.07) is 17.4. The first kappa shape index (κ1) is 22.6. The monoisotopic (exact) mass is 472 g/mol. The molecule has 3 aromatic rings. The first-order chi connectivity index (χ1) is 17.1. The van der Waals surface area contributed by atoms with Crippen LogP contribution in [0.2, 0.25) is 0 Å². The van der Waals surface area contributed by atoms with Crippen LogP contribution in [-0.4, -0.2) is 60.6 Å². The number of benzene rings is 2. The fourth-order valence-electron chi connectivity index (χ4n) is 4.27. The molecule has 0 spiro atoms. The van der Waals surface area contributed by atoms with Crippen molar-refractivity contribution in [3.8, 4) is 23.1 Å². The highest BCUT2D eigenvalue weighted by atomic mass is 16.6. The topological polar surface area (TPSA) is 130 Å². The first-order valence-electron chi connectivity index (χ1n) is 11.2. The van der Waals surface area contributed by atoms with E-state index >= 15 is 0 Å². The lowest BCUT2D eigenvalue weighted by Gasteiger charge is -2.19. The smallest absolute Gasteiger partial charge is 0.319 e. The van der Waals surface area contributed by atoms with Gasteiger partial charge in [0.15, 0.2) is 0 Å². The van der Waals surface area contributed by atoms with Crippen LogP contribution in [0.1, 0.15) is 5.56 Å². The van der Waals surface area contributed by atoms with Gasteiger partial charge in [0.2, 0.25) is 5.95 Å². The van der Waals surface area contributed by atoms with Crippen molar-refractivity contribution in [2.45, 2.75) is 24.3 Å². The van der Waals surface area contributed by atoms with Gasteiger partial charge < -0.3 is 30.2 Å². The molecule has 10 nitrogen and oxygen atoms in total. The lowest BCUT2D eigenvalue weighted by Crippen LogP contribution is -2.46. The van der Waals surface area contributed by atoms with Crippen LogP contribution >= 0.6 is 0 Å². The fraction of sp³-hybridized carbons (Fsp3) is 0.280. The van der Waals surface area contributed by atoms with Crippen molar-refractivity contribution in [1.82, 2.24) is 15.3 Å². The maximum absolute atomic E-state index is 12.5. The molecule has 0 bridgehead atoms. The lowest BCUT2D eigenvalue weighted by molar-refractivity contribution is 0.0683. The molecule has 0 aliphatic carbocycles. The van der Waals surface area contributed by atoms with Crippen molar-refractivity contribution in [1.29, 1.82) is 5.26 Å². The summed E-state index contributed by atoms with van der Waals surface area (Å²) in [5.41, 5.74) is 2.74. The Morgan fingerprint density at radius 1 is 1.09 bits per heavy atom. The van der Waals surface area contributed by atoms with E-state index in [0.717, 1.165) is 17.0 Å². The maximum atomic E-state index is 12.5. The minimum Gasteiger partial charge on any atom is -0.497 e. The zero-order valence-electron chi connectivity index (χ0n) is 19.0. The Kier molecular flexibility index (Phi) is 6.43. The van der Waals surface area contributed by atoms with Gasteiger partial charge >= 0.3 is 6.03 Å². The molecule has 0 unspecified atom stereocenters. The highest BCUT2D eigenvalue weighted by Gasteiger charge is 2.48. The Morgan fingerprint density at radius 3 is 2.63 bits per heavy atom. The highest BCUT2D eigenvalue weighted by Crippen LogP contribution is 2.29. The van der Waals surface area contributed by atoms with Gasteiger partial charge in [-0.1, -0.05) is 6.07 Å². The van der Waals surface area contributed by atoms with E-state index in [0.29, 0.717) is 30.4 Å². The molecule has 4 atom stereocenters. The van der Waals surface area contributed by atoms with E-state index < -0.39 is 0 Å².